The first-order chi connectivity index (χ1) is 11.0. The number of carbonyl (C=O) groups is 1. The highest BCUT2D eigenvalue weighted by atomic mass is 16.5. The molecule has 23 heavy (non-hydrogen) atoms. The van der Waals surface area contributed by atoms with E-state index in [1.54, 1.807) is 31.3 Å². The fourth-order valence-corrected chi connectivity index (χ4v) is 2.08. The molecule has 0 bridgehead atoms. The van der Waals surface area contributed by atoms with Gasteiger partial charge in [-0.05, 0) is 36.8 Å². The number of rotatable bonds is 4. The number of nitrogens with zero attached hydrogens (tertiary/aromatic N) is 3. The molecule has 0 aliphatic carbocycles. The van der Waals surface area contributed by atoms with Gasteiger partial charge in [-0.3, -0.25) is 5.32 Å². The van der Waals surface area contributed by atoms with E-state index in [0.29, 0.717) is 23.7 Å². The summed E-state index contributed by atoms with van der Waals surface area (Å²) in [6.45, 7) is 2.22. The van der Waals surface area contributed by atoms with Crippen molar-refractivity contribution >= 4 is 11.8 Å². The Hall–Kier alpha value is -3.07. The second-order valence-electron chi connectivity index (χ2n) is 5.10. The molecule has 2 amide bonds. The van der Waals surface area contributed by atoms with E-state index in [9.17, 15) is 4.79 Å². The highest BCUT2D eigenvalue weighted by Gasteiger charge is 2.13. The lowest BCUT2D eigenvalue weighted by Gasteiger charge is -2.19. The van der Waals surface area contributed by atoms with Crippen LogP contribution in [-0.4, -0.2) is 30.1 Å². The highest BCUT2D eigenvalue weighted by Crippen LogP contribution is 2.22. The third-order valence-corrected chi connectivity index (χ3v) is 3.27. The number of urea groups is 1. The molecule has 0 saturated heterocycles. The quantitative estimate of drug-likeness (QED) is 0.941. The van der Waals surface area contributed by atoms with E-state index in [0.717, 1.165) is 11.3 Å². The Bertz CT molecular complexity index is 752. The van der Waals surface area contributed by atoms with Crippen LogP contribution in [0.15, 0.2) is 36.4 Å². The van der Waals surface area contributed by atoms with Crippen molar-refractivity contribution < 1.29 is 9.53 Å². The minimum atomic E-state index is -0.302. The number of anilines is 1. The van der Waals surface area contributed by atoms with Gasteiger partial charge in [0.2, 0.25) is 0 Å². The number of hydrogen-bond acceptors (Lipinski definition) is 4. The fourth-order valence-electron chi connectivity index (χ4n) is 2.08. The Labute approximate surface area is 135 Å². The number of hydrogen-bond donors (Lipinski definition) is 1. The van der Waals surface area contributed by atoms with Gasteiger partial charge >= 0.3 is 6.03 Å². The third kappa shape index (κ3) is 4.20. The van der Waals surface area contributed by atoms with Crippen molar-refractivity contribution in [2.24, 2.45) is 0 Å². The number of methoxy groups -OCH3 is 1. The Morgan fingerprint density at radius 2 is 2.17 bits per heavy atom. The van der Waals surface area contributed by atoms with Crippen LogP contribution in [-0.2, 0) is 6.54 Å². The highest BCUT2D eigenvalue weighted by molar-refractivity contribution is 5.89. The molecule has 0 fully saturated rings. The Morgan fingerprint density at radius 3 is 2.87 bits per heavy atom. The van der Waals surface area contributed by atoms with E-state index in [-0.39, 0.29) is 6.03 Å². The molecule has 1 N–H and O–H groups in total. The maximum absolute atomic E-state index is 12.3. The van der Waals surface area contributed by atoms with Gasteiger partial charge in [0.1, 0.15) is 0 Å². The zero-order valence-corrected chi connectivity index (χ0v) is 13.3. The van der Waals surface area contributed by atoms with Crippen molar-refractivity contribution in [2.45, 2.75) is 13.5 Å². The lowest BCUT2D eigenvalue weighted by Crippen LogP contribution is -2.31. The largest absolute Gasteiger partial charge is 0.493 e. The number of amides is 2. The smallest absolute Gasteiger partial charge is 0.323 e. The molecule has 2 aromatic rings. The summed E-state index contributed by atoms with van der Waals surface area (Å²) in [6.07, 6.45) is 0. The maximum atomic E-state index is 12.3. The van der Waals surface area contributed by atoms with Crippen LogP contribution in [0, 0.1) is 18.3 Å². The van der Waals surface area contributed by atoms with Crippen LogP contribution < -0.4 is 10.1 Å². The van der Waals surface area contributed by atoms with Gasteiger partial charge < -0.3 is 9.64 Å². The predicted molar refractivity (Wildman–Crippen MR) is 87.2 cm³/mol. The van der Waals surface area contributed by atoms with Crippen molar-refractivity contribution in [3.05, 3.63) is 53.2 Å². The van der Waals surface area contributed by atoms with Crippen LogP contribution in [0.5, 0.6) is 5.75 Å². The standard InChI is InChI=1S/C17H18N4O2/c1-12-7-8-15(23-3)16(19-12)20-17(22)21(2)11-14-6-4-5-13(9-14)10-18/h4-9H,11H2,1-3H3,(H,19,20,22). The lowest BCUT2D eigenvalue weighted by atomic mass is 10.1. The summed E-state index contributed by atoms with van der Waals surface area (Å²) in [7, 11) is 3.20. The first-order valence-electron chi connectivity index (χ1n) is 7.06. The van der Waals surface area contributed by atoms with E-state index in [1.165, 1.54) is 12.0 Å². The number of nitriles is 1. The van der Waals surface area contributed by atoms with Crippen molar-refractivity contribution in [1.29, 1.82) is 5.26 Å². The zero-order chi connectivity index (χ0) is 16.8. The molecule has 2 rings (SSSR count). The normalized spacial score (nSPS) is 9.83. The van der Waals surface area contributed by atoms with Crippen LogP contribution in [0.2, 0.25) is 0 Å². The lowest BCUT2D eigenvalue weighted by molar-refractivity contribution is 0.220. The Morgan fingerprint density at radius 1 is 1.39 bits per heavy atom. The van der Waals surface area contributed by atoms with Crippen LogP contribution in [0.3, 0.4) is 0 Å². The number of benzene rings is 1. The number of aryl methyl sites for hydroxylation is 1. The zero-order valence-electron chi connectivity index (χ0n) is 13.3. The number of carbonyl (C=O) groups excluding carboxylic acids is 1. The van der Waals surface area contributed by atoms with Gasteiger partial charge in [-0.15, -0.1) is 0 Å². The summed E-state index contributed by atoms with van der Waals surface area (Å²) in [5, 5.41) is 11.7. The van der Waals surface area contributed by atoms with Crippen molar-refractivity contribution in [3.63, 3.8) is 0 Å². The van der Waals surface area contributed by atoms with E-state index in [1.807, 2.05) is 19.1 Å². The maximum Gasteiger partial charge on any atom is 0.323 e. The molecule has 0 aliphatic heterocycles. The molecule has 0 unspecified atom stereocenters. The summed E-state index contributed by atoms with van der Waals surface area (Å²) in [4.78, 5) is 18.1. The van der Waals surface area contributed by atoms with Gasteiger partial charge in [0.05, 0.1) is 18.7 Å². The molecule has 0 atom stereocenters. The van der Waals surface area contributed by atoms with Crippen molar-refractivity contribution in [2.75, 3.05) is 19.5 Å². The van der Waals surface area contributed by atoms with Crippen LogP contribution in [0.25, 0.3) is 0 Å². The van der Waals surface area contributed by atoms with E-state index < -0.39 is 0 Å². The molecule has 6 heteroatoms. The van der Waals surface area contributed by atoms with E-state index in [2.05, 4.69) is 16.4 Å². The molecule has 0 radical (unpaired) electrons. The molecule has 1 heterocycles. The van der Waals surface area contributed by atoms with Crippen molar-refractivity contribution in [1.82, 2.24) is 9.88 Å². The first kappa shape index (κ1) is 16.3. The van der Waals surface area contributed by atoms with Gasteiger partial charge in [0, 0.05) is 19.3 Å². The molecular weight excluding hydrogens is 292 g/mol. The Balaban J connectivity index is 2.08. The molecule has 0 saturated carbocycles. The minimum absolute atomic E-state index is 0.302. The molecule has 0 aliphatic rings. The SMILES string of the molecule is COc1ccc(C)nc1NC(=O)N(C)Cc1cccc(C#N)c1. The minimum Gasteiger partial charge on any atom is -0.493 e. The average Bonchev–Trinajstić information content (AvgIpc) is 2.55. The number of pyridine rings is 1. The monoisotopic (exact) mass is 310 g/mol. The van der Waals surface area contributed by atoms with Gasteiger partial charge in [-0.25, -0.2) is 9.78 Å². The number of ether oxygens (including phenoxy) is 1. The summed E-state index contributed by atoms with van der Waals surface area (Å²) < 4.78 is 5.20. The molecule has 6 nitrogen and oxygen atoms in total. The Kier molecular flexibility index (Phi) is 5.15. The predicted octanol–water partition coefficient (Wildman–Crippen LogP) is 2.93. The topological polar surface area (TPSA) is 78.2 Å². The summed E-state index contributed by atoms with van der Waals surface area (Å²) in [5.74, 6) is 0.888. The summed E-state index contributed by atoms with van der Waals surface area (Å²) in [5.41, 5.74) is 2.23. The average molecular weight is 310 g/mol. The number of aromatic nitrogens is 1. The second kappa shape index (κ2) is 7.27. The van der Waals surface area contributed by atoms with Crippen LogP contribution >= 0.6 is 0 Å². The molecule has 118 valence electrons. The van der Waals surface area contributed by atoms with Crippen molar-refractivity contribution in [3.8, 4) is 11.8 Å². The van der Waals surface area contributed by atoms with Gasteiger partial charge in [0.25, 0.3) is 0 Å². The van der Waals surface area contributed by atoms with Crippen LogP contribution in [0.1, 0.15) is 16.8 Å². The van der Waals surface area contributed by atoms with Gasteiger partial charge in [0.15, 0.2) is 11.6 Å². The summed E-state index contributed by atoms with van der Waals surface area (Å²) >= 11 is 0. The first-order valence-corrected chi connectivity index (χ1v) is 7.06. The second-order valence-corrected chi connectivity index (χ2v) is 5.10. The molecular formula is C17H18N4O2. The third-order valence-electron chi connectivity index (χ3n) is 3.27. The molecule has 1 aromatic carbocycles. The van der Waals surface area contributed by atoms with Gasteiger partial charge in [-0.2, -0.15) is 5.26 Å². The fraction of sp³-hybridized carbons (Fsp3) is 0.235. The number of nitrogens with one attached hydrogen (secondary N) is 1. The van der Waals surface area contributed by atoms with Gasteiger partial charge in [-0.1, -0.05) is 12.1 Å². The molecule has 0 spiro atoms. The van der Waals surface area contributed by atoms with Crippen LogP contribution in [0.4, 0.5) is 10.6 Å². The van der Waals surface area contributed by atoms with E-state index in [4.69, 9.17) is 10.00 Å². The summed E-state index contributed by atoms with van der Waals surface area (Å²) in [6, 6.07) is 12.5. The molecule has 1 aromatic heterocycles. The van der Waals surface area contributed by atoms with E-state index >= 15 is 0 Å².